The molecule has 0 aliphatic carbocycles. The summed E-state index contributed by atoms with van der Waals surface area (Å²) in [7, 11) is 0. The summed E-state index contributed by atoms with van der Waals surface area (Å²) in [5.74, 6) is -2.20. The van der Waals surface area contributed by atoms with Crippen LogP contribution in [-0.2, 0) is 14.4 Å². The zero-order valence-electron chi connectivity index (χ0n) is 15.3. The quantitative estimate of drug-likeness (QED) is 0.326. The normalized spacial score (nSPS) is 11.3. The van der Waals surface area contributed by atoms with Crippen molar-refractivity contribution < 1.29 is 24.6 Å². The third-order valence-electron chi connectivity index (χ3n) is 3.62. The van der Waals surface area contributed by atoms with Crippen LogP contribution in [0.2, 0.25) is 0 Å². The second-order valence-electron chi connectivity index (χ2n) is 6.16. The number of hydrogen-bond acceptors (Lipinski definition) is 4. The minimum Gasteiger partial charge on any atom is -0.481 e. The van der Waals surface area contributed by atoms with Crippen molar-refractivity contribution in [2.45, 2.75) is 90.0 Å². The summed E-state index contributed by atoms with van der Waals surface area (Å²) in [5, 5.41) is 16.3. The van der Waals surface area contributed by atoms with Crippen molar-refractivity contribution in [1.82, 2.24) is 0 Å². The molecule has 0 aliphatic rings. The van der Waals surface area contributed by atoms with Gasteiger partial charge in [-0.05, 0) is 6.42 Å². The predicted molar refractivity (Wildman–Crippen MR) is 95.1 cm³/mol. The smallest absolute Gasteiger partial charge is 0.320 e. The summed E-state index contributed by atoms with van der Waals surface area (Å²) in [6, 6.07) is -1.06. The molecule has 0 aromatic rings. The molecule has 1 atom stereocenters. The minimum absolute atomic E-state index is 0.0231. The van der Waals surface area contributed by atoms with Crippen LogP contribution in [0.4, 0.5) is 0 Å². The van der Waals surface area contributed by atoms with Gasteiger partial charge in [-0.15, -0.1) is 0 Å². The molecule has 0 fully saturated rings. The molecule has 0 aromatic carbocycles. The molecule has 0 saturated heterocycles. The van der Waals surface area contributed by atoms with Crippen LogP contribution in [0, 0.1) is 0 Å². The predicted octanol–water partition coefficient (Wildman–Crippen LogP) is 2.87. The number of carbonyl (C=O) groups is 3. The van der Waals surface area contributed by atoms with Crippen LogP contribution in [0.15, 0.2) is 0 Å². The van der Waals surface area contributed by atoms with Gasteiger partial charge in [0.1, 0.15) is 6.04 Å². The fraction of sp³-hybridized carbons (Fsp3) is 0.824. The summed E-state index contributed by atoms with van der Waals surface area (Å²) in [6.45, 7) is 2.26. The zero-order chi connectivity index (χ0) is 18.8. The van der Waals surface area contributed by atoms with E-state index in [1.807, 2.05) is 0 Å². The molecule has 4 N–H and O–H groups in total. The van der Waals surface area contributed by atoms with Crippen molar-refractivity contribution in [3.8, 4) is 0 Å². The molecular formula is C17H32NNaO5. The largest absolute Gasteiger partial charge is 0.481 e. The maximum Gasteiger partial charge on any atom is 0.320 e. The van der Waals surface area contributed by atoms with Crippen LogP contribution in [-0.4, -0.2) is 59.2 Å². The van der Waals surface area contributed by atoms with E-state index in [4.69, 9.17) is 15.9 Å². The maximum atomic E-state index is 10.7. The van der Waals surface area contributed by atoms with Crippen LogP contribution < -0.4 is 5.73 Å². The Morgan fingerprint density at radius 1 is 0.875 bits per heavy atom. The third kappa shape index (κ3) is 23.8. The van der Waals surface area contributed by atoms with Gasteiger partial charge in [0.2, 0.25) is 0 Å². The fourth-order valence-electron chi connectivity index (χ4n) is 2.09. The molecule has 0 saturated carbocycles. The maximum absolute atomic E-state index is 10.7. The van der Waals surface area contributed by atoms with Gasteiger partial charge in [-0.25, -0.2) is 0 Å². The fourth-order valence-corrected chi connectivity index (χ4v) is 2.44. The monoisotopic (exact) mass is 353 g/mol. The number of nitrogens with two attached hydrogens (primary N) is 1. The number of hydrogen-bond donors (Lipinski definition) is 3. The number of carbonyl (C=O) groups excluding carboxylic acids is 1. The average Bonchev–Trinajstić information content (AvgIpc) is 2.51. The van der Waals surface area contributed by atoms with Gasteiger partial charge in [-0.2, -0.15) is 0 Å². The number of rotatable bonds is 14. The molecule has 0 amide bonds. The van der Waals surface area contributed by atoms with Crippen molar-refractivity contribution in [3.05, 3.63) is 0 Å². The van der Waals surface area contributed by atoms with Gasteiger partial charge in [-0.3, -0.25) is 9.59 Å². The first kappa shape index (κ1) is 25.8. The second kappa shape index (κ2) is 18.9. The number of carboxylic acid groups (broad SMARTS) is 2. The Morgan fingerprint density at radius 2 is 1.33 bits per heavy atom. The first-order valence-electron chi connectivity index (χ1n) is 9.00. The summed E-state index contributed by atoms with van der Waals surface area (Å²) in [4.78, 5) is 30.6. The second-order valence-corrected chi connectivity index (χ2v) is 7.27. The van der Waals surface area contributed by atoms with Gasteiger partial charge in [0.25, 0.3) is 0 Å². The summed E-state index contributed by atoms with van der Waals surface area (Å²) in [5.41, 5.74) is 5.00. The summed E-state index contributed by atoms with van der Waals surface area (Å²) >= 11 is 0.751. The number of carboxylic acids is 2. The molecule has 0 bridgehead atoms. The molecule has 0 radical (unpaired) electrons. The van der Waals surface area contributed by atoms with E-state index in [2.05, 4.69) is 6.92 Å². The molecular weight excluding hydrogens is 321 g/mol. The minimum atomic E-state index is -1.17. The molecule has 0 aromatic heterocycles. The Balaban J connectivity index is 0. The van der Waals surface area contributed by atoms with E-state index in [9.17, 15) is 14.4 Å². The van der Waals surface area contributed by atoms with Crippen LogP contribution in [0.25, 0.3) is 0 Å². The van der Waals surface area contributed by atoms with E-state index in [0.29, 0.717) is 3.03 Å². The van der Waals surface area contributed by atoms with Gasteiger partial charge in [0.05, 0.1) is 0 Å². The number of unbranched alkanes of at least 4 members (excludes halogenated alkanes) is 8. The molecule has 136 valence electrons. The van der Waals surface area contributed by atoms with E-state index >= 15 is 0 Å². The molecule has 7 heteroatoms. The van der Waals surface area contributed by atoms with Crippen molar-refractivity contribution >= 4 is 42.9 Å². The molecule has 0 rings (SSSR count). The topological polar surface area (TPSA) is 118 Å². The first-order valence-corrected chi connectivity index (χ1v) is 10.0. The Labute approximate surface area is 163 Å². The van der Waals surface area contributed by atoms with E-state index in [1.165, 1.54) is 51.4 Å². The van der Waals surface area contributed by atoms with Crippen LogP contribution >= 0.6 is 0 Å². The summed E-state index contributed by atoms with van der Waals surface area (Å²) in [6.07, 6.45) is 12.7. The van der Waals surface area contributed by atoms with Crippen LogP contribution in [0.3, 0.4) is 0 Å². The molecule has 6 nitrogen and oxygen atoms in total. The van der Waals surface area contributed by atoms with Gasteiger partial charge in [0.15, 0.2) is 0 Å². The average molecular weight is 353 g/mol. The van der Waals surface area contributed by atoms with Gasteiger partial charge in [-0.1, -0.05) is 0 Å². The van der Waals surface area contributed by atoms with Gasteiger partial charge in [0, 0.05) is 6.42 Å². The van der Waals surface area contributed by atoms with E-state index in [-0.39, 0.29) is 12.8 Å². The zero-order valence-corrected chi connectivity index (χ0v) is 17.3. The number of aliphatic carboxylic acids is 2. The Kier molecular flexibility index (Phi) is 20.3. The Bertz CT molecular complexity index is 350. The van der Waals surface area contributed by atoms with E-state index in [0.717, 1.165) is 40.8 Å². The summed E-state index contributed by atoms with van der Waals surface area (Å²) < 4.78 is 0.480. The van der Waals surface area contributed by atoms with Crippen LogP contribution in [0.5, 0.6) is 0 Å². The van der Waals surface area contributed by atoms with E-state index in [1.54, 1.807) is 0 Å². The van der Waals surface area contributed by atoms with Gasteiger partial charge < -0.3 is 15.9 Å². The first-order chi connectivity index (χ1) is 11.3. The molecule has 0 unspecified atom stereocenters. The van der Waals surface area contributed by atoms with Gasteiger partial charge >= 0.3 is 119 Å². The van der Waals surface area contributed by atoms with Crippen molar-refractivity contribution in [1.29, 1.82) is 0 Å². The molecule has 24 heavy (non-hydrogen) atoms. The molecule has 0 spiro atoms. The Morgan fingerprint density at radius 3 is 1.71 bits per heavy atom. The SMILES string of the molecule is CCCCCCCCCCC[C](=O)[Na].N[C@@H](CCC(=O)O)C(=O)O. The van der Waals surface area contributed by atoms with E-state index < -0.39 is 18.0 Å². The van der Waals surface area contributed by atoms with Crippen molar-refractivity contribution in [2.75, 3.05) is 0 Å². The van der Waals surface area contributed by atoms with Crippen molar-refractivity contribution in [3.63, 3.8) is 0 Å². The van der Waals surface area contributed by atoms with Crippen LogP contribution in [0.1, 0.15) is 84.0 Å². The molecule has 0 heterocycles. The van der Waals surface area contributed by atoms with Crippen molar-refractivity contribution in [2.24, 2.45) is 5.73 Å². The molecule has 0 aliphatic heterocycles. The standard InChI is InChI=1S/C12H23O.C5H9NO4.Na/c1-2-3-4-5-6-7-8-9-10-11-12-13;6-3(5(9)10)1-2-4(7)8;/h2-11H2,1H3;3H,1-2,6H2,(H,7,8)(H,9,10);/t;3-;/m.0./s1. The third-order valence-corrected chi connectivity index (χ3v) is 4.12. The Hall–Kier alpha value is -0.430.